The molecule has 1 fully saturated rings. The molecule has 2 aromatic rings. The van der Waals surface area contributed by atoms with Crippen LogP contribution in [0.4, 0.5) is 4.79 Å². The van der Waals surface area contributed by atoms with Crippen molar-refractivity contribution in [1.82, 2.24) is 14.9 Å². The van der Waals surface area contributed by atoms with E-state index in [9.17, 15) is 4.79 Å². The molecule has 5 nitrogen and oxygen atoms in total. The van der Waals surface area contributed by atoms with Crippen LogP contribution in [0.15, 0.2) is 30.4 Å². The number of imidazole rings is 1. The molecule has 0 bridgehead atoms. The Hall–Kier alpha value is -2.74. The zero-order valence-corrected chi connectivity index (χ0v) is 14.2. The molecule has 0 spiro atoms. The van der Waals surface area contributed by atoms with Crippen LogP contribution in [-0.4, -0.2) is 33.1 Å². The van der Waals surface area contributed by atoms with Crippen LogP contribution >= 0.6 is 0 Å². The first-order chi connectivity index (χ1) is 11.3. The van der Waals surface area contributed by atoms with E-state index in [0.717, 1.165) is 28.0 Å². The number of aromatic nitrogens is 2. The van der Waals surface area contributed by atoms with E-state index in [0.29, 0.717) is 13.0 Å². The Bertz CT molecular complexity index is 852. The number of benzene rings is 1. The molecule has 1 aromatic carbocycles. The van der Waals surface area contributed by atoms with Crippen LogP contribution in [0, 0.1) is 12.3 Å². The molecule has 1 aromatic heterocycles. The number of terminal acetylenes is 1. The first-order valence-corrected chi connectivity index (χ1v) is 7.89. The Kier molecular flexibility index (Phi) is 3.84. The molecule has 5 heteroatoms. The van der Waals surface area contributed by atoms with E-state index in [4.69, 9.17) is 11.2 Å². The molecule has 0 aliphatic carbocycles. The van der Waals surface area contributed by atoms with Crippen molar-refractivity contribution in [1.29, 1.82) is 0 Å². The SMILES string of the molecule is C#Cc1ccc2[nH]c([C@@H]3CC(=C)CN3C(=O)OC(C)(C)C)nc2c1. The van der Waals surface area contributed by atoms with E-state index in [1.165, 1.54) is 0 Å². The Morgan fingerprint density at radius 3 is 2.92 bits per heavy atom. The summed E-state index contributed by atoms with van der Waals surface area (Å²) in [4.78, 5) is 22.1. The number of ether oxygens (including phenoxy) is 1. The second kappa shape index (κ2) is 5.72. The van der Waals surface area contributed by atoms with Crippen molar-refractivity contribution in [2.45, 2.75) is 38.8 Å². The van der Waals surface area contributed by atoms with E-state index >= 15 is 0 Å². The number of rotatable bonds is 1. The highest BCUT2D eigenvalue weighted by Gasteiger charge is 2.36. The van der Waals surface area contributed by atoms with Crippen LogP contribution < -0.4 is 0 Å². The quantitative estimate of drug-likeness (QED) is 0.642. The standard InChI is InChI=1S/C19H21N3O2/c1-6-13-7-8-14-15(10-13)21-17(20-14)16-9-12(2)11-22(16)18(23)24-19(3,4)5/h1,7-8,10,16H,2,9,11H2,3-5H3,(H,20,21)/t16-/m0/s1. The molecule has 1 atom stereocenters. The summed E-state index contributed by atoms with van der Waals surface area (Å²) in [5, 5.41) is 0. The molecule has 3 rings (SSSR count). The summed E-state index contributed by atoms with van der Waals surface area (Å²) in [6, 6.07) is 5.43. The van der Waals surface area contributed by atoms with Gasteiger partial charge in [-0.25, -0.2) is 9.78 Å². The van der Waals surface area contributed by atoms with Gasteiger partial charge in [-0.15, -0.1) is 6.42 Å². The zero-order chi connectivity index (χ0) is 17.5. The molecule has 1 aliphatic heterocycles. The number of carbonyl (C=O) groups excluding carboxylic acids is 1. The van der Waals surface area contributed by atoms with Crippen LogP contribution in [0.3, 0.4) is 0 Å². The van der Waals surface area contributed by atoms with Crippen molar-refractivity contribution in [3.05, 3.63) is 41.7 Å². The number of fused-ring (bicyclic) bond motifs is 1. The summed E-state index contributed by atoms with van der Waals surface area (Å²) in [7, 11) is 0. The van der Waals surface area contributed by atoms with Gasteiger partial charge in [0.2, 0.25) is 0 Å². The number of hydrogen-bond donors (Lipinski definition) is 1. The van der Waals surface area contributed by atoms with Crippen LogP contribution in [0.2, 0.25) is 0 Å². The second-order valence-electron chi connectivity index (χ2n) is 7.08. The number of carbonyl (C=O) groups is 1. The minimum Gasteiger partial charge on any atom is -0.444 e. The summed E-state index contributed by atoms with van der Waals surface area (Å²) in [6.45, 7) is 10.1. The molecule has 24 heavy (non-hydrogen) atoms. The zero-order valence-electron chi connectivity index (χ0n) is 14.2. The summed E-state index contributed by atoms with van der Waals surface area (Å²) < 4.78 is 5.51. The lowest BCUT2D eigenvalue weighted by Crippen LogP contribution is -2.36. The Morgan fingerprint density at radius 1 is 1.50 bits per heavy atom. The molecule has 0 radical (unpaired) electrons. The number of likely N-dealkylation sites (tertiary alicyclic amines) is 1. The number of amides is 1. The lowest BCUT2D eigenvalue weighted by atomic mass is 10.1. The van der Waals surface area contributed by atoms with E-state index in [1.54, 1.807) is 4.90 Å². The molecular formula is C19H21N3O2. The van der Waals surface area contributed by atoms with Crippen molar-refractivity contribution in [2.75, 3.05) is 6.54 Å². The molecule has 1 amide bonds. The van der Waals surface area contributed by atoms with Gasteiger partial charge in [0, 0.05) is 12.1 Å². The van der Waals surface area contributed by atoms with E-state index in [2.05, 4.69) is 22.5 Å². The van der Waals surface area contributed by atoms with E-state index < -0.39 is 5.60 Å². The number of aromatic amines is 1. The summed E-state index contributed by atoms with van der Waals surface area (Å²) in [6.07, 6.45) is 5.76. The third-order valence-corrected chi connectivity index (χ3v) is 3.86. The summed E-state index contributed by atoms with van der Waals surface area (Å²) in [5.74, 6) is 3.33. The maximum atomic E-state index is 12.5. The Morgan fingerprint density at radius 2 is 2.25 bits per heavy atom. The predicted molar refractivity (Wildman–Crippen MR) is 93.5 cm³/mol. The topological polar surface area (TPSA) is 58.2 Å². The van der Waals surface area contributed by atoms with Crippen molar-refractivity contribution < 1.29 is 9.53 Å². The van der Waals surface area contributed by atoms with Crippen LogP contribution in [0.1, 0.15) is 44.6 Å². The van der Waals surface area contributed by atoms with Crippen molar-refractivity contribution in [3.8, 4) is 12.3 Å². The molecule has 1 saturated heterocycles. The number of hydrogen-bond acceptors (Lipinski definition) is 3. The fraction of sp³-hybridized carbons (Fsp3) is 0.368. The van der Waals surface area contributed by atoms with Gasteiger partial charge in [0.05, 0.1) is 17.1 Å². The fourth-order valence-electron chi connectivity index (χ4n) is 2.83. The van der Waals surface area contributed by atoms with Gasteiger partial charge in [0.1, 0.15) is 11.4 Å². The first kappa shape index (κ1) is 16.1. The van der Waals surface area contributed by atoms with Gasteiger partial charge < -0.3 is 9.72 Å². The van der Waals surface area contributed by atoms with E-state index in [1.807, 2.05) is 39.0 Å². The average Bonchev–Trinajstić information content (AvgIpc) is 3.07. The number of nitrogens with zero attached hydrogens (tertiary/aromatic N) is 2. The molecule has 0 unspecified atom stereocenters. The molecule has 2 heterocycles. The second-order valence-corrected chi connectivity index (χ2v) is 7.08. The maximum absolute atomic E-state index is 12.5. The van der Waals surface area contributed by atoms with Crippen molar-refractivity contribution in [3.63, 3.8) is 0 Å². The van der Waals surface area contributed by atoms with Gasteiger partial charge in [0.25, 0.3) is 0 Å². The monoisotopic (exact) mass is 323 g/mol. The lowest BCUT2D eigenvalue weighted by Gasteiger charge is -2.27. The highest BCUT2D eigenvalue weighted by Crippen LogP contribution is 2.35. The normalized spacial score (nSPS) is 18.0. The van der Waals surface area contributed by atoms with Gasteiger partial charge in [-0.3, -0.25) is 4.90 Å². The molecule has 0 saturated carbocycles. The average molecular weight is 323 g/mol. The highest BCUT2D eigenvalue weighted by atomic mass is 16.6. The van der Waals surface area contributed by atoms with E-state index in [-0.39, 0.29) is 12.1 Å². The van der Waals surface area contributed by atoms with Crippen LogP contribution in [-0.2, 0) is 4.74 Å². The minimum absolute atomic E-state index is 0.200. The predicted octanol–water partition coefficient (Wildman–Crippen LogP) is 3.78. The molecule has 1 N–H and O–H groups in total. The molecule has 1 aliphatic rings. The molecule has 124 valence electrons. The third kappa shape index (κ3) is 3.13. The van der Waals surface area contributed by atoms with Gasteiger partial charge in [-0.2, -0.15) is 0 Å². The lowest BCUT2D eigenvalue weighted by molar-refractivity contribution is 0.0222. The summed E-state index contributed by atoms with van der Waals surface area (Å²) in [5.41, 5.74) is 2.91. The van der Waals surface area contributed by atoms with Gasteiger partial charge >= 0.3 is 6.09 Å². The van der Waals surface area contributed by atoms with Gasteiger partial charge in [-0.05, 0) is 45.4 Å². The smallest absolute Gasteiger partial charge is 0.411 e. The minimum atomic E-state index is -0.541. The first-order valence-electron chi connectivity index (χ1n) is 7.89. The maximum Gasteiger partial charge on any atom is 0.411 e. The molecular weight excluding hydrogens is 302 g/mol. The third-order valence-electron chi connectivity index (χ3n) is 3.86. The van der Waals surface area contributed by atoms with Crippen molar-refractivity contribution in [2.24, 2.45) is 0 Å². The largest absolute Gasteiger partial charge is 0.444 e. The van der Waals surface area contributed by atoms with Crippen LogP contribution in [0.5, 0.6) is 0 Å². The van der Waals surface area contributed by atoms with Gasteiger partial charge in [0.15, 0.2) is 0 Å². The number of H-pyrrole nitrogens is 1. The van der Waals surface area contributed by atoms with Crippen LogP contribution in [0.25, 0.3) is 11.0 Å². The van der Waals surface area contributed by atoms with Gasteiger partial charge in [-0.1, -0.05) is 18.1 Å². The van der Waals surface area contributed by atoms with Crippen molar-refractivity contribution >= 4 is 17.1 Å². The highest BCUT2D eigenvalue weighted by molar-refractivity contribution is 5.77. The Balaban J connectivity index is 1.93. The Labute approximate surface area is 141 Å². The number of nitrogens with one attached hydrogen (secondary N) is 1. The summed E-state index contributed by atoms with van der Waals surface area (Å²) >= 11 is 0. The fourth-order valence-corrected chi connectivity index (χ4v) is 2.83.